The summed E-state index contributed by atoms with van der Waals surface area (Å²) >= 11 is 0. The van der Waals surface area contributed by atoms with Gasteiger partial charge in [0.15, 0.2) is 0 Å². The van der Waals surface area contributed by atoms with E-state index in [-0.39, 0.29) is 34.8 Å². The molecule has 3 aliphatic rings. The van der Waals surface area contributed by atoms with Crippen molar-refractivity contribution in [2.24, 2.45) is 11.8 Å². The van der Waals surface area contributed by atoms with Gasteiger partial charge in [-0.2, -0.15) is 0 Å². The summed E-state index contributed by atoms with van der Waals surface area (Å²) in [7, 11) is 0. The zero-order valence-corrected chi connectivity index (χ0v) is 24.6. The highest BCUT2D eigenvalue weighted by atomic mass is 19.1. The molecule has 2 amide bonds. The molecular formula is C34H42FN3O3. The Kier molecular flexibility index (Phi) is 8.37. The van der Waals surface area contributed by atoms with E-state index in [0.717, 1.165) is 29.9 Å². The Balaban J connectivity index is 1.44. The Bertz CT molecular complexity index is 1340. The number of hydrogen-bond donors (Lipinski definition) is 2. The molecule has 0 aromatic heterocycles. The maximum absolute atomic E-state index is 15.0. The highest BCUT2D eigenvalue weighted by Crippen LogP contribution is 2.37. The van der Waals surface area contributed by atoms with Crippen LogP contribution in [0.1, 0.15) is 67.9 Å². The van der Waals surface area contributed by atoms with E-state index in [9.17, 15) is 19.1 Å². The number of aryl methyl sites for hydroxylation is 1. The van der Waals surface area contributed by atoms with E-state index in [1.807, 2.05) is 18.2 Å². The number of nitrogens with one attached hydrogen (secondary N) is 1. The second-order valence-corrected chi connectivity index (χ2v) is 12.8. The van der Waals surface area contributed by atoms with Gasteiger partial charge in [0.25, 0.3) is 5.91 Å². The first-order valence-corrected chi connectivity index (χ1v) is 14.8. The van der Waals surface area contributed by atoms with Crippen molar-refractivity contribution in [3.05, 3.63) is 88.9 Å². The van der Waals surface area contributed by atoms with Crippen molar-refractivity contribution >= 4 is 17.5 Å². The maximum atomic E-state index is 15.0. The van der Waals surface area contributed by atoms with Gasteiger partial charge in [0.2, 0.25) is 5.91 Å². The molecule has 0 radical (unpaired) electrons. The molecule has 41 heavy (non-hydrogen) atoms. The van der Waals surface area contributed by atoms with Gasteiger partial charge in [-0.25, -0.2) is 4.39 Å². The number of anilines is 1. The van der Waals surface area contributed by atoms with E-state index >= 15 is 0 Å². The van der Waals surface area contributed by atoms with Crippen LogP contribution in [0.4, 0.5) is 10.1 Å². The number of halogens is 1. The monoisotopic (exact) mass is 559 g/mol. The standard InChI is InChI=1S/C34H42FN3O3/c1-22-8-5-12-29(35)30(22)33(41)38-18-7-11-28(32(40)36-25-10-6-9-24(20-25)34(2,3)4)31(38)23-13-15-26(16-14-23)37-19-17-27(39)21-37/h5-6,8-10,12-13,15-16,20,23,27-28,31,39H,7,11,14,17-19,21H2,1-4H3,(H,36,40)/t23?,27?,28?,31-/m0/s1. The molecule has 2 N–H and O–H groups in total. The molecule has 4 atom stereocenters. The second-order valence-electron chi connectivity index (χ2n) is 12.8. The van der Waals surface area contributed by atoms with Gasteiger partial charge in [0, 0.05) is 36.9 Å². The van der Waals surface area contributed by atoms with Crippen LogP contribution in [0.5, 0.6) is 0 Å². The number of amides is 2. The molecule has 218 valence electrons. The summed E-state index contributed by atoms with van der Waals surface area (Å²) in [5.41, 5.74) is 3.55. The summed E-state index contributed by atoms with van der Waals surface area (Å²) in [6.45, 7) is 10.1. The van der Waals surface area contributed by atoms with Crippen LogP contribution in [0.2, 0.25) is 0 Å². The molecule has 0 saturated carbocycles. The van der Waals surface area contributed by atoms with Gasteiger partial charge in [-0.05, 0) is 73.4 Å². The number of hydrogen-bond acceptors (Lipinski definition) is 4. The summed E-state index contributed by atoms with van der Waals surface area (Å²) in [4.78, 5) is 31.8. The van der Waals surface area contributed by atoms with Crippen LogP contribution in [-0.4, -0.2) is 58.5 Å². The minimum absolute atomic E-state index is 0.0583. The van der Waals surface area contributed by atoms with E-state index in [1.54, 1.807) is 24.0 Å². The SMILES string of the molecule is Cc1cccc(F)c1C(=O)N1CCCC(C(=O)Nc2cccc(C(C)(C)C)c2)[C@@H]1C1C=CC(N2CCC(O)C2)=CC1. The molecule has 1 aliphatic carbocycles. The Labute approximate surface area is 242 Å². The van der Waals surface area contributed by atoms with Crippen LogP contribution >= 0.6 is 0 Å². The first-order valence-electron chi connectivity index (χ1n) is 14.8. The molecule has 3 unspecified atom stereocenters. The number of allylic oxidation sites excluding steroid dienone is 2. The van der Waals surface area contributed by atoms with Crippen molar-refractivity contribution in [3.8, 4) is 0 Å². The number of β-amino-alcohol motifs (C(OH)–C–C–N with tert-alkyl or cyclic N) is 1. The molecule has 7 heteroatoms. The Morgan fingerprint density at radius 2 is 1.85 bits per heavy atom. The minimum Gasteiger partial charge on any atom is -0.391 e. The first-order chi connectivity index (χ1) is 19.5. The Hall–Kier alpha value is -3.45. The maximum Gasteiger partial charge on any atom is 0.257 e. The minimum atomic E-state index is -0.534. The van der Waals surface area contributed by atoms with Gasteiger partial charge >= 0.3 is 0 Å². The zero-order valence-electron chi connectivity index (χ0n) is 24.6. The number of aliphatic hydroxyl groups excluding tert-OH is 1. The molecule has 0 bridgehead atoms. The number of piperidine rings is 1. The van der Waals surface area contributed by atoms with Crippen LogP contribution in [0.3, 0.4) is 0 Å². The summed E-state index contributed by atoms with van der Waals surface area (Å²) in [6.07, 6.45) is 8.71. The number of carbonyl (C=O) groups excluding carboxylic acids is 2. The third kappa shape index (κ3) is 6.25. The second kappa shape index (κ2) is 11.8. The highest BCUT2D eigenvalue weighted by Gasteiger charge is 2.43. The molecule has 2 heterocycles. The number of rotatable bonds is 5. The molecular weight excluding hydrogens is 517 g/mol. The molecule has 0 spiro atoms. The van der Waals surface area contributed by atoms with Gasteiger partial charge < -0.3 is 20.2 Å². The van der Waals surface area contributed by atoms with E-state index in [4.69, 9.17) is 0 Å². The van der Waals surface area contributed by atoms with Crippen LogP contribution in [0, 0.1) is 24.6 Å². The average Bonchev–Trinajstić information content (AvgIpc) is 3.38. The van der Waals surface area contributed by atoms with Crippen molar-refractivity contribution in [3.63, 3.8) is 0 Å². The van der Waals surface area contributed by atoms with Crippen molar-refractivity contribution in [1.82, 2.24) is 9.80 Å². The topological polar surface area (TPSA) is 72.9 Å². The largest absolute Gasteiger partial charge is 0.391 e. The van der Waals surface area contributed by atoms with E-state index in [1.165, 1.54) is 6.07 Å². The number of aliphatic hydroxyl groups is 1. The smallest absolute Gasteiger partial charge is 0.257 e. The lowest BCUT2D eigenvalue weighted by Gasteiger charge is -2.44. The number of carbonyl (C=O) groups is 2. The fourth-order valence-corrected chi connectivity index (χ4v) is 6.51. The zero-order chi connectivity index (χ0) is 29.3. The highest BCUT2D eigenvalue weighted by molar-refractivity contribution is 5.98. The molecule has 6 nitrogen and oxygen atoms in total. The van der Waals surface area contributed by atoms with Crippen molar-refractivity contribution in [1.29, 1.82) is 0 Å². The lowest BCUT2D eigenvalue weighted by Crippen LogP contribution is -2.55. The van der Waals surface area contributed by atoms with Gasteiger partial charge in [0.1, 0.15) is 5.82 Å². The molecule has 2 fully saturated rings. The predicted octanol–water partition coefficient (Wildman–Crippen LogP) is 5.82. The average molecular weight is 560 g/mol. The molecule has 2 saturated heterocycles. The Morgan fingerprint density at radius 1 is 1.07 bits per heavy atom. The number of nitrogens with zero attached hydrogens (tertiary/aromatic N) is 2. The van der Waals surface area contributed by atoms with Crippen molar-refractivity contribution in [2.45, 2.75) is 70.9 Å². The van der Waals surface area contributed by atoms with Crippen molar-refractivity contribution in [2.75, 3.05) is 25.0 Å². The number of likely N-dealkylation sites (tertiary alicyclic amines) is 2. The molecule has 2 aliphatic heterocycles. The summed E-state index contributed by atoms with van der Waals surface area (Å²) in [5, 5.41) is 13.1. The van der Waals surface area contributed by atoms with Gasteiger partial charge in [-0.3, -0.25) is 9.59 Å². The lowest BCUT2D eigenvalue weighted by atomic mass is 9.77. The fraction of sp³-hybridized carbons (Fsp3) is 0.471. The Morgan fingerprint density at radius 3 is 2.51 bits per heavy atom. The molecule has 2 aromatic carbocycles. The van der Waals surface area contributed by atoms with E-state index in [0.29, 0.717) is 37.9 Å². The third-order valence-corrected chi connectivity index (χ3v) is 8.80. The fourth-order valence-electron chi connectivity index (χ4n) is 6.51. The quantitative estimate of drug-likeness (QED) is 0.485. The van der Waals surface area contributed by atoms with Gasteiger partial charge in [-0.15, -0.1) is 0 Å². The van der Waals surface area contributed by atoms with E-state index in [2.05, 4.69) is 55.3 Å². The normalized spacial score (nSPS) is 24.8. The lowest BCUT2D eigenvalue weighted by molar-refractivity contribution is -0.123. The molecule has 2 aromatic rings. The van der Waals surface area contributed by atoms with Crippen LogP contribution in [-0.2, 0) is 10.2 Å². The summed E-state index contributed by atoms with van der Waals surface area (Å²) in [5.74, 6) is -1.55. The van der Waals surface area contributed by atoms with Crippen LogP contribution in [0.25, 0.3) is 0 Å². The van der Waals surface area contributed by atoms with Gasteiger partial charge in [-0.1, -0.05) is 57.2 Å². The van der Waals surface area contributed by atoms with Crippen LogP contribution < -0.4 is 5.32 Å². The first kappa shape index (κ1) is 29.1. The summed E-state index contributed by atoms with van der Waals surface area (Å²) in [6, 6.07) is 12.2. The van der Waals surface area contributed by atoms with Crippen molar-refractivity contribution < 1.29 is 19.1 Å². The third-order valence-electron chi connectivity index (χ3n) is 8.80. The van der Waals surface area contributed by atoms with Crippen LogP contribution in [0.15, 0.2) is 66.4 Å². The van der Waals surface area contributed by atoms with E-state index < -0.39 is 17.8 Å². The predicted molar refractivity (Wildman–Crippen MR) is 160 cm³/mol. The summed E-state index contributed by atoms with van der Waals surface area (Å²) < 4.78 is 15.0. The van der Waals surface area contributed by atoms with Gasteiger partial charge in [0.05, 0.1) is 23.6 Å². The number of benzene rings is 2. The molecule has 5 rings (SSSR count).